The van der Waals surface area contributed by atoms with Crippen LogP contribution in [-0.4, -0.2) is 52.7 Å². The summed E-state index contributed by atoms with van der Waals surface area (Å²) in [5, 5.41) is 8.47. The van der Waals surface area contributed by atoms with Crippen LogP contribution < -0.4 is 0 Å². The van der Waals surface area contributed by atoms with Crippen LogP contribution in [0.1, 0.15) is 34.1 Å². The van der Waals surface area contributed by atoms with Gasteiger partial charge in [-0.25, -0.2) is 0 Å². The van der Waals surface area contributed by atoms with Gasteiger partial charge in [-0.05, 0) is 27.7 Å². The van der Waals surface area contributed by atoms with E-state index in [1.54, 1.807) is 27.7 Å². The zero-order chi connectivity index (χ0) is 12.0. The molecule has 0 aromatic heterocycles. The van der Waals surface area contributed by atoms with Crippen LogP contribution in [0, 0.1) is 0 Å². The Bertz CT molecular complexity index is 217. The lowest BCUT2D eigenvalue weighted by Gasteiger charge is -2.21. The van der Waals surface area contributed by atoms with Crippen molar-refractivity contribution in [2.24, 2.45) is 0 Å². The van der Waals surface area contributed by atoms with E-state index in [1.165, 1.54) is 0 Å². The monoisotopic (exact) mass is 248 g/mol. The first-order chi connectivity index (χ1) is 6.82. The summed E-state index contributed by atoms with van der Waals surface area (Å²) >= 11 is 0. The third-order valence-electron chi connectivity index (χ3n) is 1.38. The molecule has 0 aromatic carbocycles. The molecule has 0 bridgehead atoms. The summed E-state index contributed by atoms with van der Waals surface area (Å²) in [6.45, 7) is 7.02. The fourth-order valence-corrected chi connectivity index (χ4v) is 0.911. The van der Waals surface area contributed by atoms with Crippen molar-refractivity contribution in [1.29, 1.82) is 0 Å². The van der Waals surface area contributed by atoms with Crippen LogP contribution in [0.5, 0.6) is 0 Å². The minimum absolute atomic E-state index is 0. The van der Waals surface area contributed by atoms with Gasteiger partial charge in [0.15, 0.2) is 23.1 Å². The van der Waals surface area contributed by atoms with E-state index >= 15 is 0 Å². The molecule has 6 heteroatoms. The van der Waals surface area contributed by atoms with Crippen molar-refractivity contribution < 1.29 is 24.2 Å². The lowest BCUT2D eigenvalue weighted by molar-refractivity contribution is -0.191. The molecule has 1 N–H and O–H groups in total. The lowest BCUT2D eigenvalue weighted by Crippen LogP contribution is -2.33. The van der Waals surface area contributed by atoms with Gasteiger partial charge in [0.1, 0.15) is 6.42 Å². The van der Waals surface area contributed by atoms with Gasteiger partial charge in [-0.2, -0.15) is 0 Å². The van der Waals surface area contributed by atoms with Crippen LogP contribution in [0.25, 0.3) is 0 Å². The first-order valence-electron chi connectivity index (χ1n) is 4.88. The second-order valence-electron chi connectivity index (χ2n) is 3.74. The molecule has 0 aliphatic rings. The Morgan fingerprint density at radius 2 is 1.44 bits per heavy atom. The van der Waals surface area contributed by atoms with Crippen LogP contribution in [0.4, 0.5) is 0 Å². The predicted octanol–water partition coefficient (Wildman–Crippen LogP) is 0.0224. The number of rotatable bonds is 7. The number of hydrogen-bond acceptors (Lipinski definition) is 4. The molecule has 0 saturated heterocycles. The van der Waals surface area contributed by atoms with Gasteiger partial charge in [0, 0.05) is 0 Å². The molecular weight excluding hydrogens is 227 g/mol. The fraction of sp³-hybridized carbons (Fsp3) is 0.800. The molecule has 0 amide bonds. The van der Waals surface area contributed by atoms with E-state index in [-0.39, 0.29) is 29.6 Å². The number of ketones is 1. The maximum atomic E-state index is 11.4. The van der Waals surface area contributed by atoms with Crippen molar-refractivity contribution in [1.82, 2.24) is 0 Å². The highest BCUT2D eigenvalue weighted by molar-refractivity contribution is 5.96. The lowest BCUT2D eigenvalue weighted by atomic mass is 10.2. The third-order valence-corrected chi connectivity index (χ3v) is 1.38. The van der Waals surface area contributed by atoms with E-state index < -0.39 is 24.5 Å². The van der Waals surface area contributed by atoms with Crippen molar-refractivity contribution in [3.8, 4) is 0 Å². The first-order valence-corrected chi connectivity index (χ1v) is 4.88. The molecule has 0 unspecified atom stereocenters. The molecule has 0 spiro atoms. The van der Waals surface area contributed by atoms with Crippen LogP contribution in [0.15, 0.2) is 0 Å². The number of carbonyl (C=O) groups is 2. The molecule has 0 rings (SSSR count). The van der Waals surface area contributed by atoms with Crippen molar-refractivity contribution >= 4 is 29.1 Å². The van der Waals surface area contributed by atoms with E-state index in [0.717, 1.165) is 0 Å². The van der Waals surface area contributed by atoms with Gasteiger partial charge in [-0.1, -0.05) is 0 Å². The number of carbonyl (C=O) groups excluding carboxylic acids is 1. The standard InChI is InChI=1S/C10H18O5.Al.3H/c1-6(2)14-10(15-7(3)4)8(11)5-9(12)13;;;;/h6-7,10H,5H2,1-4H3,(H,12,13);;;;. The maximum Gasteiger partial charge on any atom is 0.311 e. The van der Waals surface area contributed by atoms with Crippen molar-refractivity contribution in [2.75, 3.05) is 0 Å². The van der Waals surface area contributed by atoms with Gasteiger partial charge in [0.05, 0.1) is 12.2 Å². The quantitative estimate of drug-likeness (QED) is 0.391. The molecule has 0 heterocycles. The van der Waals surface area contributed by atoms with Crippen LogP contribution in [0.3, 0.4) is 0 Å². The molecule has 5 nitrogen and oxygen atoms in total. The minimum Gasteiger partial charge on any atom is -0.481 e. The van der Waals surface area contributed by atoms with Gasteiger partial charge >= 0.3 is 5.97 Å². The Hall–Kier alpha value is -0.408. The number of hydrogen-bond donors (Lipinski definition) is 1. The van der Waals surface area contributed by atoms with E-state index in [2.05, 4.69) is 0 Å². The summed E-state index contributed by atoms with van der Waals surface area (Å²) in [5.74, 6) is -1.74. The largest absolute Gasteiger partial charge is 0.481 e. The summed E-state index contributed by atoms with van der Waals surface area (Å²) in [5.41, 5.74) is 0. The predicted molar refractivity (Wildman–Crippen MR) is 63.4 cm³/mol. The Morgan fingerprint density at radius 3 is 1.69 bits per heavy atom. The Balaban J connectivity index is 0. The SMILES string of the molecule is CC(C)OC(OC(C)C)C(=O)CC(=O)O.[AlH3]. The number of Topliss-reactive ketones (excluding diaryl/α,β-unsaturated/α-hetero) is 1. The van der Waals surface area contributed by atoms with E-state index in [4.69, 9.17) is 14.6 Å². The average molecular weight is 248 g/mol. The third kappa shape index (κ3) is 8.87. The van der Waals surface area contributed by atoms with Crippen molar-refractivity contribution in [2.45, 2.75) is 52.6 Å². The molecule has 0 aromatic rings. The molecule has 94 valence electrons. The topological polar surface area (TPSA) is 72.8 Å². The smallest absolute Gasteiger partial charge is 0.311 e. The van der Waals surface area contributed by atoms with Gasteiger partial charge in [0.2, 0.25) is 6.29 Å². The minimum atomic E-state index is -1.18. The summed E-state index contributed by atoms with van der Waals surface area (Å²) in [7, 11) is 0. The zero-order valence-electron chi connectivity index (χ0n) is 9.52. The number of carboxylic acid groups (broad SMARTS) is 1. The number of carboxylic acids is 1. The second kappa shape index (κ2) is 8.71. The second-order valence-corrected chi connectivity index (χ2v) is 3.74. The summed E-state index contributed by atoms with van der Waals surface area (Å²) in [4.78, 5) is 21.7. The highest BCUT2D eigenvalue weighted by Gasteiger charge is 2.24. The Morgan fingerprint density at radius 1 is 1.06 bits per heavy atom. The average Bonchev–Trinajstić information content (AvgIpc) is 1.99. The zero-order valence-corrected chi connectivity index (χ0v) is 9.52. The Kier molecular flexibility index (Phi) is 9.78. The van der Waals surface area contributed by atoms with Gasteiger partial charge < -0.3 is 14.6 Å². The molecule has 0 aliphatic carbocycles. The molecule has 0 aliphatic heterocycles. The molecule has 0 radical (unpaired) electrons. The fourth-order valence-electron chi connectivity index (χ4n) is 0.911. The highest BCUT2D eigenvalue weighted by Crippen LogP contribution is 2.07. The van der Waals surface area contributed by atoms with Gasteiger partial charge in [0.25, 0.3) is 0 Å². The summed E-state index contributed by atoms with van der Waals surface area (Å²) in [6, 6.07) is 0. The number of aliphatic carboxylic acids is 1. The molecule has 16 heavy (non-hydrogen) atoms. The summed E-state index contributed by atoms with van der Waals surface area (Å²) < 4.78 is 10.4. The van der Waals surface area contributed by atoms with E-state index in [0.29, 0.717) is 0 Å². The van der Waals surface area contributed by atoms with Crippen molar-refractivity contribution in [3.63, 3.8) is 0 Å². The molecule has 0 fully saturated rings. The Labute approximate surface area is 106 Å². The van der Waals surface area contributed by atoms with Gasteiger partial charge in [-0.3, -0.25) is 9.59 Å². The van der Waals surface area contributed by atoms with Crippen molar-refractivity contribution in [3.05, 3.63) is 0 Å². The normalized spacial score (nSPS) is 10.7. The molecule has 0 atom stereocenters. The highest BCUT2D eigenvalue weighted by atomic mass is 27.0. The van der Waals surface area contributed by atoms with E-state index in [1.807, 2.05) is 0 Å². The van der Waals surface area contributed by atoms with Crippen LogP contribution >= 0.6 is 0 Å². The first kappa shape index (κ1) is 18.0. The summed E-state index contributed by atoms with van der Waals surface area (Å²) in [6.07, 6.45) is -2.04. The maximum absolute atomic E-state index is 11.4. The van der Waals surface area contributed by atoms with E-state index in [9.17, 15) is 9.59 Å². The van der Waals surface area contributed by atoms with Gasteiger partial charge in [-0.15, -0.1) is 0 Å². The van der Waals surface area contributed by atoms with Crippen LogP contribution in [0.2, 0.25) is 0 Å². The van der Waals surface area contributed by atoms with Crippen LogP contribution in [-0.2, 0) is 19.1 Å². The molecular formula is C10H21AlO5. The molecule has 0 saturated carbocycles. The number of ether oxygens (including phenoxy) is 2.